The maximum absolute atomic E-state index is 12.8. The molecule has 0 spiro atoms. The first-order chi connectivity index (χ1) is 15.5. The number of carbonyl (C=O) groups excluding carboxylic acids is 2. The van der Waals surface area contributed by atoms with Gasteiger partial charge in [0.1, 0.15) is 0 Å². The van der Waals surface area contributed by atoms with Crippen molar-refractivity contribution in [2.75, 3.05) is 58.9 Å². The summed E-state index contributed by atoms with van der Waals surface area (Å²) in [5.74, 6) is -0.484. The van der Waals surface area contributed by atoms with Gasteiger partial charge in [-0.1, -0.05) is 17.7 Å². The van der Waals surface area contributed by atoms with Crippen LogP contribution < -0.4 is 0 Å². The van der Waals surface area contributed by atoms with Crippen LogP contribution in [-0.2, 0) is 19.6 Å². The summed E-state index contributed by atoms with van der Waals surface area (Å²) in [6.45, 7) is 2.44. The summed E-state index contributed by atoms with van der Waals surface area (Å²) >= 11 is 0. The molecule has 2 amide bonds. The number of aryl methyl sites for hydroxylation is 1. The Morgan fingerprint density at radius 1 is 0.818 bits per heavy atom. The van der Waals surface area contributed by atoms with Gasteiger partial charge < -0.3 is 9.80 Å². The zero-order valence-electron chi connectivity index (χ0n) is 18.6. The Kier molecular flexibility index (Phi) is 8.01. The lowest BCUT2D eigenvalue weighted by Crippen LogP contribution is -2.51. The van der Waals surface area contributed by atoms with Gasteiger partial charge >= 0.3 is 6.18 Å². The number of piperazine rings is 2. The average molecular weight is 491 g/mol. The topological polar surface area (TPSA) is 81.2 Å². The summed E-state index contributed by atoms with van der Waals surface area (Å²) in [4.78, 5) is 29.4. The van der Waals surface area contributed by atoms with E-state index in [2.05, 4.69) is 0 Å². The molecule has 1 aromatic rings. The fourth-order valence-electron chi connectivity index (χ4n) is 3.98. The van der Waals surface area contributed by atoms with E-state index >= 15 is 0 Å². The molecule has 33 heavy (non-hydrogen) atoms. The third-order valence-electron chi connectivity index (χ3n) is 5.93. The molecule has 1 aromatic carbocycles. The average Bonchev–Trinajstić information content (AvgIpc) is 2.77. The molecule has 0 unspecified atom stereocenters. The van der Waals surface area contributed by atoms with Crippen molar-refractivity contribution in [3.05, 3.63) is 29.8 Å². The minimum Gasteiger partial charge on any atom is -0.340 e. The molecule has 2 heterocycles. The van der Waals surface area contributed by atoms with E-state index in [-0.39, 0.29) is 81.9 Å². The van der Waals surface area contributed by atoms with Gasteiger partial charge in [0.05, 0.1) is 11.4 Å². The molecule has 2 saturated heterocycles. The molecule has 0 radical (unpaired) electrons. The lowest BCUT2D eigenvalue weighted by molar-refractivity contribution is -0.152. The highest BCUT2D eigenvalue weighted by Gasteiger charge is 2.33. The van der Waals surface area contributed by atoms with Gasteiger partial charge in [0, 0.05) is 65.2 Å². The van der Waals surface area contributed by atoms with Gasteiger partial charge in [-0.15, -0.1) is 0 Å². The van der Waals surface area contributed by atoms with Crippen molar-refractivity contribution < 1.29 is 31.2 Å². The molecule has 8 nitrogen and oxygen atoms in total. The first-order valence-corrected chi connectivity index (χ1v) is 12.3. The van der Waals surface area contributed by atoms with Crippen LogP contribution >= 0.6 is 0 Å². The van der Waals surface area contributed by atoms with Crippen molar-refractivity contribution in [2.24, 2.45) is 0 Å². The summed E-state index contributed by atoms with van der Waals surface area (Å²) in [6, 6.07) is 6.60. The second-order valence-electron chi connectivity index (χ2n) is 8.37. The second kappa shape index (κ2) is 10.4. The molecule has 0 N–H and O–H groups in total. The van der Waals surface area contributed by atoms with Crippen LogP contribution in [0.1, 0.15) is 18.4 Å². The number of benzene rings is 1. The number of hydrogen-bond acceptors (Lipinski definition) is 5. The third-order valence-corrected chi connectivity index (χ3v) is 7.84. The van der Waals surface area contributed by atoms with Gasteiger partial charge in [0.2, 0.25) is 21.8 Å². The summed E-state index contributed by atoms with van der Waals surface area (Å²) < 4.78 is 64.3. The molecule has 3 rings (SSSR count). The van der Waals surface area contributed by atoms with Crippen LogP contribution in [0, 0.1) is 6.92 Å². The van der Waals surface area contributed by atoms with Crippen LogP contribution in [0.15, 0.2) is 29.2 Å². The van der Waals surface area contributed by atoms with E-state index in [9.17, 15) is 31.2 Å². The first-order valence-electron chi connectivity index (χ1n) is 10.9. The monoisotopic (exact) mass is 490 g/mol. The number of amides is 2. The molecule has 2 aliphatic rings. The molecule has 0 aromatic heterocycles. The Morgan fingerprint density at radius 2 is 1.27 bits per heavy atom. The van der Waals surface area contributed by atoms with Crippen molar-refractivity contribution in [1.29, 1.82) is 0 Å². The van der Waals surface area contributed by atoms with E-state index in [0.29, 0.717) is 0 Å². The minimum absolute atomic E-state index is 0.00763. The molecular weight excluding hydrogens is 461 g/mol. The third kappa shape index (κ3) is 6.90. The molecule has 0 atom stereocenters. The highest BCUT2D eigenvalue weighted by molar-refractivity contribution is 7.89. The lowest BCUT2D eigenvalue weighted by Gasteiger charge is -2.35. The fourth-order valence-corrected chi connectivity index (χ4v) is 5.40. The number of carbonyl (C=O) groups is 2. The smallest absolute Gasteiger partial charge is 0.340 e. The number of nitrogens with zero attached hydrogens (tertiary/aromatic N) is 4. The van der Waals surface area contributed by atoms with E-state index < -0.39 is 22.7 Å². The molecule has 0 aliphatic carbocycles. The van der Waals surface area contributed by atoms with Crippen LogP contribution in [0.2, 0.25) is 0 Å². The van der Waals surface area contributed by atoms with E-state index in [0.717, 1.165) is 5.56 Å². The van der Waals surface area contributed by atoms with E-state index in [1.807, 2.05) is 6.92 Å². The predicted molar refractivity (Wildman–Crippen MR) is 115 cm³/mol. The molecule has 2 aliphatic heterocycles. The first kappa shape index (κ1) is 25.4. The number of hydrogen-bond donors (Lipinski definition) is 0. The SMILES string of the molecule is Cc1ccc(S(=O)(=O)N2CCN(C(=O)CCC(=O)N3CCN(CC(F)(F)F)CC3)CC2)cc1. The second-order valence-corrected chi connectivity index (χ2v) is 10.3. The Labute approximate surface area is 192 Å². The van der Waals surface area contributed by atoms with E-state index in [1.54, 1.807) is 29.2 Å². The maximum atomic E-state index is 12.8. The van der Waals surface area contributed by atoms with Crippen LogP contribution in [0.25, 0.3) is 0 Å². The summed E-state index contributed by atoms with van der Waals surface area (Å²) in [5, 5.41) is 0. The normalized spacial score (nSPS) is 19.0. The minimum atomic E-state index is -4.26. The fraction of sp³-hybridized carbons (Fsp3) is 0.619. The van der Waals surface area contributed by atoms with Gasteiger partial charge in [0.25, 0.3) is 0 Å². The maximum Gasteiger partial charge on any atom is 0.401 e. The molecule has 12 heteroatoms. The van der Waals surface area contributed by atoms with E-state index in [1.165, 1.54) is 14.1 Å². The quantitative estimate of drug-likeness (QED) is 0.601. The van der Waals surface area contributed by atoms with Gasteiger partial charge in [-0.2, -0.15) is 17.5 Å². The lowest BCUT2D eigenvalue weighted by atomic mass is 10.2. The molecule has 184 valence electrons. The molecular formula is C21H29F3N4O4S. The largest absolute Gasteiger partial charge is 0.401 e. The number of rotatable bonds is 6. The predicted octanol–water partition coefficient (Wildman–Crippen LogP) is 1.31. The molecule has 0 saturated carbocycles. The van der Waals surface area contributed by atoms with Crippen molar-refractivity contribution >= 4 is 21.8 Å². The van der Waals surface area contributed by atoms with Crippen LogP contribution in [-0.4, -0.2) is 104 Å². The number of alkyl halides is 3. The van der Waals surface area contributed by atoms with Gasteiger partial charge in [-0.3, -0.25) is 14.5 Å². The summed E-state index contributed by atoms with van der Waals surface area (Å²) in [6.07, 6.45) is -4.28. The summed E-state index contributed by atoms with van der Waals surface area (Å²) in [7, 11) is -3.62. The van der Waals surface area contributed by atoms with Crippen LogP contribution in [0.4, 0.5) is 13.2 Å². The zero-order valence-corrected chi connectivity index (χ0v) is 19.4. The zero-order chi connectivity index (χ0) is 24.2. The van der Waals surface area contributed by atoms with Gasteiger partial charge in [-0.05, 0) is 19.1 Å². The van der Waals surface area contributed by atoms with Gasteiger partial charge in [-0.25, -0.2) is 8.42 Å². The standard InChI is InChI=1S/C21H29F3N4O4S/c1-17-2-4-18(5-3-17)33(31,32)28-14-12-27(13-15-28)20(30)7-6-19(29)26-10-8-25(9-11-26)16-21(22,23)24/h2-5H,6-16H2,1H3. The van der Waals surface area contributed by atoms with Crippen LogP contribution in [0.5, 0.6) is 0 Å². The Bertz CT molecular complexity index is 937. The highest BCUT2D eigenvalue weighted by Crippen LogP contribution is 2.20. The Hall–Kier alpha value is -2.18. The Balaban J connectivity index is 1.41. The number of sulfonamides is 1. The van der Waals surface area contributed by atoms with Crippen molar-refractivity contribution in [3.63, 3.8) is 0 Å². The number of halogens is 3. The van der Waals surface area contributed by atoms with Crippen molar-refractivity contribution in [2.45, 2.75) is 30.8 Å². The van der Waals surface area contributed by atoms with Crippen molar-refractivity contribution in [1.82, 2.24) is 19.0 Å². The van der Waals surface area contributed by atoms with Crippen LogP contribution in [0.3, 0.4) is 0 Å². The van der Waals surface area contributed by atoms with Gasteiger partial charge in [0.15, 0.2) is 0 Å². The summed E-state index contributed by atoms with van der Waals surface area (Å²) in [5.41, 5.74) is 0.960. The highest BCUT2D eigenvalue weighted by atomic mass is 32.2. The molecule has 0 bridgehead atoms. The van der Waals surface area contributed by atoms with Crippen molar-refractivity contribution in [3.8, 4) is 0 Å². The van der Waals surface area contributed by atoms with E-state index in [4.69, 9.17) is 0 Å². The molecule has 2 fully saturated rings. The Morgan fingerprint density at radius 3 is 1.73 bits per heavy atom.